The maximum Gasteiger partial charge on any atom is 0.306 e. The van der Waals surface area contributed by atoms with E-state index in [4.69, 9.17) is 9.47 Å². The van der Waals surface area contributed by atoms with Gasteiger partial charge in [0.15, 0.2) is 0 Å². The summed E-state index contributed by atoms with van der Waals surface area (Å²) < 4.78 is 10.7. The second-order valence-corrected chi connectivity index (χ2v) is 7.56. The quantitative estimate of drug-likeness (QED) is 0.183. The number of hydrogen-bond acceptors (Lipinski definition) is 4. The molecule has 0 aliphatic rings. The molecule has 4 nitrogen and oxygen atoms in total. The smallest absolute Gasteiger partial charge is 0.306 e. The van der Waals surface area contributed by atoms with Gasteiger partial charge in [0, 0.05) is 12.8 Å². The summed E-state index contributed by atoms with van der Waals surface area (Å²) in [6, 6.07) is 0. The zero-order valence-electron chi connectivity index (χ0n) is 18.2. The van der Waals surface area contributed by atoms with Crippen molar-refractivity contribution in [2.24, 2.45) is 0 Å². The van der Waals surface area contributed by atoms with E-state index in [1.165, 1.54) is 19.3 Å². The van der Waals surface area contributed by atoms with Gasteiger partial charge in [-0.15, -0.1) is 0 Å². The number of rotatable bonds is 19. The molecular formula is C23H44O4. The van der Waals surface area contributed by atoms with Crippen LogP contribution in [0.15, 0.2) is 0 Å². The van der Waals surface area contributed by atoms with Gasteiger partial charge in [-0.2, -0.15) is 0 Å². The highest BCUT2D eigenvalue weighted by molar-refractivity contribution is 5.69. The minimum Gasteiger partial charge on any atom is -0.466 e. The Balaban J connectivity index is 3.39. The van der Waals surface area contributed by atoms with E-state index in [-0.39, 0.29) is 18.0 Å². The standard InChI is InChI=1S/C23H44O4/c1-4-7-8-13-16-20-26-22(24)18-14-11-9-10-12-15-19-23(25)27-21(6-3)17-5-2/h21H,4-20H2,1-3H3. The van der Waals surface area contributed by atoms with Crippen molar-refractivity contribution in [1.82, 2.24) is 0 Å². The van der Waals surface area contributed by atoms with Gasteiger partial charge in [-0.25, -0.2) is 0 Å². The van der Waals surface area contributed by atoms with Gasteiger partial charge in [-0.05, 0) is 32.1 Å². The molecule has 0 saturated heterocycles. The molecule has 0 fully saturated rings. The van der Waals surface area contributed by atoms with E-state index >= 15 is 0 Å². The van der Waals surface area contributed by atoms with E-state index in [2.05, 4.69) is 20.8 Å². The highest BCUT2D eigenvalue weighted by Gasteiger charge is 2.11. The van der Waals surface area contributed by atoms with Crippen molar-refractivity contribution in [2.45, 2.75) is 130 Å². The van der Waals surface area contributed by atoms with Crippen LogP contribution in [-0.4, -0.2) is 24.6 Å². The van der Waals surface area contributed by atoms with Crippen LogP contribution in [0.5, 0.6) is 0 Å². The fourth-order valence-corrected chi connectivity index (χ4v) is 3.12. The van der Waals surface area contributed by atoms with E-state index in [1.807, 2.05) is 0 Å². The lowest BCUT2D eigenvalue weighted by Crippen LogP contribution is -2.16. The summed E-state index contributed by atoms with van der Waals surface area (Å²) in [7, 11) is 0. The largest absolute Gasteiger partial charge is 0.466 e. The highest BCUT2D eigenvalue weighted by Crippen LogP contribution is 2.12. The Morgan fingerprint density at radius 1 is 0.667 bits per heavy atom. The van der Waals surface area contributed by atoms with Crippen molar-refractivity contribution in [3.63, 3.8) is 0 Å². The summed E-state index contributed by atoms with van der Waals surface area (Å²) in [5.41, 5.74) is 0. The number of ether oxygens (including phenoxy) is 2. The van der Waals surface area contributed by atoms with Gasteiger partial charge >= 0.3 is 11.9 Å². The molecule has 0 aromatic heterocycles. The van der Waals surface area contributed by atoms with Gasteiger partial charge in [-0.3, -0.25) is 9.59 Å². The third-order valence-electron chi connectivity index (χ3n) is 4.89. The van der Waals surface area contributed by atoms with Gasteiger partial charge in [0.1, 0.15) is 6.10 Å². The monoisotopic (exact) mass is 384 g/mol. The van der Waals surface area contributed by atoms with E-state index in [0.717, 1.165) is 70.6 Å². The fraction of sp³-hybridized carbons (Fsp3) is 0.913. The first-order valence-electron chi connectivity index (χ1n) is 11.5. The van der Waals surface area contributed by atoms with Crippen molar-refractivity contribution in [2.75, 3.05) is 6.61 Å². The number of hydrogen-bond donors (Lipinski definition) is 0. The number of carbonyl (C=O) groups excluding carboxylic acids is 2. The van der Waals surface area contributed by atoms with Crippen molar-refractivity contribution in [3.05, 3.63) is 0 Å². The number of esters is 2. The van der Waals surface area contributed by atoms with Crippen LogP contribution in [0, 0.1) is 0 Å². The Labute approximate surface area is 167 Å². The summed E-state index contributed by atoms with van der Waals surface area (Å²) >= 11 is 0. The normalized spacial score (nSPS) is 12.0. The Bertz CT molecular complexity index is 354. The third-order valence-corrected chi connectivity index (χ3v) is 4.89. The Morgan fingerprint density at radius 2 is 1.22 bits per heavy atom. The molecule has 1 unspecified atom stereocenters. The molecule has 0 aliphatic carbocycles. The van der Waals surface area contributed by atoms with E-state index in [1.54, 1.807) is 0 Å². The molecule has 0 spiro atoms. The predicted molar refractivity (Wildman–Crippen MR) is 112 cm³/mol. The molecular weight excluding hydrogens is 340 g/mol. The van der Waals surface area contributed by atoms with E-state index in [0.29, 0.717) is 19.4 Å². The summed E-state index contributed by atoms with van der Waals surface area (Å²) in [6.07, 6.45) is 16.2. The topological polar surface area (TPSA) is 52.6 Å². The SMILES string of the molecule is CCCCCCCOC(=O)CCCCCCCCC(=O)OC(CC)CCC. The summed E-state index contributed by atoms with van der Waals surface area (Å²) in [4.78, 5) is 23.4. The molecule has 0 aromatic rings. The summed E-state index contributed by atoms with van der Waals surface area (Å²) in [5.74, 6) is -0.0986. The zero-order valence-corrected chi connectivity index (χ0v) is 18.2. The van der Waals surface area contributed by atoms with E-state index in [9.17, 15) is 9.59 Å². The van der Waals surface area contributed by atoms with Crippen molar-refractivity contribution in [1.29, 1.82) is 0 Å². The highest BCUT2D eigenvalue weighted by atomic mass is 16.5. The lowest BCUT2D eigenvalue weighted by atomic mass is 10.1. The first-order valence-corrected chi connectivity index (χ1v) is 11.5. The third kappa shape index (κ3) is 18.1. The molecule has 0 N–H and O–H groups in total. The van der Waals surface area contributed by atoms with Crippen LogP contribution in [0.2, 0.25) is 0 Å². The molecule has 0 rings (SSSR count). The minimum absolute atomic E-state index is 0.0484. The van der Waals surface area contributed by atoms with Gasteiger partial charge < -0.3 is 9.47 Å². The Morgan fingerprint density at radius 3 is 1.81 bits per heavy atom. The van der Waals surface area contributed by atoms with Gasteiger partial charge in [-0.1, -0.05) is 78.6 Å². The van der Waals surface area contributed by atoms with Gasteiger partial charge in [0.05, 0.1) is 6.61 Å². The van der Waals surface area contributed by atoms with Crippen molar-refractivity contribution < 1.29 is 19.1 Å². The van der Waals surface area contributed by atoms with Crippen LogP contribution >= 0.6 is 0 Å². The lowest BCUT2D eigenvalue weighted by molar-refractivity contribution is -0.149. The molecule has 0 amide bonds. The fourth-order valence-electron chi connectivity index (χ4n) is 3.12. The van der Waals surface area contributed by atoms with Crippen LogP contribution < -0.4 is 0 Å². The van der Waals surface area contributed by atoms with Gasteiger partial charge in [0.25, 0.3) is 0 Å². The number of carbonyl (C=O) groups is 2. The summed E-state index contributed by atoms with van der Waals surface area (Å²) in [5, 5.41) is 0. The minimum atomic E-state index is -0.0502. The molecule has 1 atom stereocenters. The maximum absolute atomic E-state index is 11.8. The first kappa shape index (κ1) is 25.9. The second kappa shape index (κ2) is 19.7. The summed E-state index contributed by atoms with van der Waals surface area (Å²) in [6.45, 7) is 6.96. The van der Waals surface area contributed by atoms with Crippen LogP contribution in [0.4, 0.5) is 0 Å². The average molecular weight is 385 g/mol. The number of unbranched alkanes of at least 4 members (excludes halogenated alkanes) is 9. The molecule has 0 heterocycles. The van der Waals surface area contributed by atoms with Crippen molar-refractivity contribution >= 4 is 11.9 Å². The molecule has 0 aliphatic heterocycles. The predicted octanol–water partition coefficient (Wildman–Crippen LogP) is 6.74. The average Bonchev–Trinajstić information content (AvgIpc) is 2.66. The lowest BCUT2D eigenvalue weighted by Gasteiger charge is -2.15. The Kier molecular flexibility index (Phi) is 18.9. The van der Waals surface area contributed by atoms with Crippen LogP contribution in [-0.2, 0) is 19.1 Å². The maximum atomic E-state index is 11.8. The van der Waals surface area contributed by atoms with Crippen LogP contribution in [0.3, 0.4) is 0 Å². The second-order valence-electron chi connectivity index (χ2n) is 7.56. The first-order chi connectivity index (χ1) is 13.1. The zero-order chi connectivity index (χ0) is 20.2. The van der Waals surface area contributed by atoms with Crippen molar-refractivity contribution in [3.8, 4) is 0 Å². The molecule has 0 aromatic carbocycles. The molecule has 4 heteroatoms. The molecule has 160 valence electrons. The molecule has 0 radical (unpaired) electrons. The van der Waals surface area contributed by atoms with Crippen LogP contribution in [0.1, 0.15) is 124 Å². The van der Waals surface area contributed by atoms with Crippen LogP contribution in [0.25, 0.3) is 0 Å². The Hall–Kier alpha value is -1.06. The molecule has 0 bridgehead atoms. The van der Waals surface area contributed by atoms with E-state index < -0.39 is 0 Å². The molecule has 0 saturated carbocycles. The van der Waals surface area contributed by atoms with Gasteiger partial charge in [0.2, 0.25) is 0 Å². The molecule has 27 heavy (non-hydrogen) atoms.